The minimum Gasteiger partial charge on any atom is -0.392 e. The van der Waals surface area contributed by atoms with Crippen molar-refractivity contribution >= 4 is 17.5 Å². The number of anilines is 2. The molecule has 0 radical (unpaired) electrons. The Hall–Kier alpha value is -2.45. The number of carbonyl (C=O) groups excluding carboxylic acids is 1. The number of β-amino-alcohol motifs (C(OH)–C–C–N with tert-alkyl or cyclic N) is 1. The van der Waals surface area contributed by atoms with Crippen LogP contribution in [0.5, 0.6) is 0 Å². The monoisotopic (exact) mass is 370 g/mol. The highest BCUT2D eigenvalue weighted by molar-refractivity contribution is 5.97. The number of likely N-dealkylation sites (N-methyl/N-ethyl adjacent to an activating group) is 1. The van der Waals surface area contributed by atoms with Crippen molar-refractivity contribution in [3.63, 3.8) is 0 Å². The summed E-state index contributed by atoms with van der Waals surface area (Å²) in [5.74, 6) is 1.57. The fraction of sp³-hybridized carbons (Fsp3) is 0.526. The first kappa shape index (κ1) is 17.9. The molecule has 0 bridgehead atoms. The van der Waals surface area contributed by atoms with Crippen molar-refractivity contribution in [2.45, 2.75) is 32.0 Å². The van der Waals surface area contributed by atoms with E-state index in [2.05, 4.69) is 15.1 Å². The van der Waals surface area contributed by atoms with Crippen LogP contribution in [-0.2, 0) is 24.9 Å². The van der Waals surface area contributed by atoms with Crippen molar-refractivity contribution in [1.29, 1.82) is 0 Å². The summed E-state index contributed by atoms with van der Waals surface area (Å²) < 4.78 is 1.96. The molecule has 1 N–H and O–H groups in total. The minimum absolute atomic E-state index is 0.0312. The van der Waals surface area contributed by atoms with Crippen LogP contribution >= 0.6 is 0 Å². The second kappa shape index (κ2) is 7.28. The predicted octanol–water partition coefficient (Wildman–Crippen LogP) is 0.755. The van der Waals surface area contributed by atoms with Crippen molar-refractivity contribution in [2.75, 3.05) is 36.5 Å². The average molecular weight is 370 g/mol. The number of rotatable bonds is 3. The Bertz CT molecular complexity index is 835. The van der Waals surface area contributed by atoms with E-state index in [-0.39, 0.29) is 18.6 Å². The van der Waals surface area contributed by atoms with Crippen molar-refractivity contribution in [1.82, 2.24) is 19.7 Å². The Morgan fingerprint density at radius 3 is 2.81 bits per heavy atom. The number of aliphatic hydroxyl groups excluding tert-OH is 1. The topological polar surface area (TPSA) is 77.7 Å². The number of fused-ring (bicyclic) bond motifs is 1. The molecule has 2 aliphatic heterocycles. The molecule has 2 aliphatic rings. The number of aromatic nitrogens is 3. The van der Waals surface area contributed by atoms with Gasteiger partial charge in [-0.25, -0.2) is 0 Å². The molecule has 8 heteroatoms. The van der Waals surface area contributed by atoms with Crippen LogP contribution in [0, 0.1) is 0 Å². The molecule has 27 heavy (non-hydrogen) atoms. The molecule has 1 fully saturated rings. The van der Waals surface area contributed by atoms with Gasteiger partial charge in [-0.15, -0.1) is 10.2 Å². The van der Waals surface area contributed by atoms with E-state index in [1.54, 1.807) is 4.90 Å². The normalized spacial score (nSPS) is 21.3. The van der Waals surface area contributed by atoms with Crippen LogP contribution in [0.3, 0.4) is 0 Å². The van der Waals surface area contributed by atoms with Gasteiger partial charge >= 0.3 is 0 Å². The van der Waals surface area contributed by atoms with E-state index in [0.717, 1.165) is 36.5 Å². The van der Waals surface area contributed by atoms with Gasteiger partial charge in [0.25, 0.3) is 0 Å². The molecule has 1 saturated heterocycles. The molecular weight excluding hydrogens is 344 g/mol. The fourth-order valence-electron chi connectivity index (χ4n) is 3.92. The maximum atomic E-state index is 12.6. The lowest BCUT2D eigenvalue weighted by Crippen LogP contribution is -2.38. The summed E-state index contributed by atoms with van der Waals surface area (Å²) in [7, 11) is 3.75. The van der Waals surface area contributed by atoms with Crippen LogP contribution in [-0.4, -0.2) is 63.5 Å². The number of aliphatic hydroxyl groups is 1. The van der Waals surface area contributed by atoms with Crippen LogP contribution in [0.2, 0.25) is 0 Å². The number of hydrogen-bond acceptors (Lipinski definition) is 6. The van der Waals surface area contributed by atoms with Crippen LogP contribution < -0.4 is 9.80 Å². The Morgan fingerprint density at radius 1 is 1.19 bits per heavy atom. The van der Waals surface area contributed by atoms with Crippen molar-refractivity contribution in [3.8, 4) is 0 Å². The third-order valence-corrected chi connectivity index (χ3v) is 5.48. The lowest BCUT2D eigenvalue weighted by Gasteiger charge is -2.29. The maximum absolute atomic E-state index is 12.6. The molecule has 1 aromatic carbocycles. The molecule has 144 valence electrons. The van der Waals surface area contributed by atoms with E-state index >= 15 is 0 Å². The second-order valence-corrected chi connectivity index (χ2v) is 7.44. The third kappa shape index (κ3) is 3.54. The van der Waals surface area contributed by atoms with E-state index in [1.807, 2.05) is 47.8 Å². The number of piperidine rings is 1. The van der Waals surface area contributed by atoms with E-state index in [9.17, 15) is 9.90 Å². The van der Waals surface area contributed by atoms with Gasteiger partial charge in [0, 0.05) is 32.9 Å². The van der Waals surface area contributed by atoms with Crippen LogP contribution in [0.4, 0.5) is 11.6 Å². The van der Waals surface area contributed by atoms with Gasteiger partial charge in [-0.05, 0) is 31.0 Å². The predicted molar refractivity (Wildman–Crippen MR) is 102 cm³/mol. The molecule has 8 nitrogen and oxygen atoms in total. The lowest BCUT2D eigenvalue weighted by atomic mass is 10.1. The highest BCUT2D eigenvalue weighted by Crippen LogP contribution is 2.27. The Labute approximate surface area is 159 Å². The summed E-state index contributed by atoms with van der Waals surface area (Å²) in [6, 6.07) is 7.96. The average Bonchev–Trinajstić information content (AvgIpc) is 2.95. The standard InChI is InChI=1S/C19H26N6O2/c1-22-16-8-4-3-6-14(16)10-25(13-18(22)27)19-21-20-17(23(19)2)12-24-9-5-7-15(26)11-24/h3-4,6,8,15,26H,5,7,9-13H2,1-2H3. The molecule has 1 aromatic heterocycles. The van der Waals surface area contributed by atoms with Crippen molar-refractivity contribution < 1.29 is 9.90 Å². The fourth-order valence-corrected chi connectivity index (χ4v) is 3.92. The highest BCUT2D eigenvalue weighted by Gasteiger charge is 2.27. The molecule has 1 atom stereocenters. The first-order valence-corrected chi connectivity index (χ1v) is 9.41. The van der Waals surface area contributed by atoms with E-state index in [4.69, 9.17) is 0 Å². The Kier molecular flexibility index (Phi) is 4.84. The SMILES string of the molecule is CN1C(=O)CN(c2nnc(CN3CCCC(O)C3)n2C)Cc2ccccc21. The molecule has 4 rings (SSSR count). The molecule has 0 saturated carbocycles. The zero-order valence-corrected chi connectivity index (χ0v) is 15.9. The molecular formula is C19H26N6O2. The molecule has 3 heterocycles. The highest BCUT2D eigenvalue weighted by atomic mass is 16.3. The number of carbonyl (C=O) groups is 1. The summed E-state index contributed by atoms with van der Waals surface area (Å²) in [5.41, 5.74) is 2.03. The van der Waals surface area contributed by atoms with Crippen LogP contribution in [0.1, 0.15) is 24.2 Å². The zero-order chi connectivity index (χ0) is 19.0. The largest absolute Gasteiger partial charge is 0.392 e. The van der Waals surface area contributed by atoms with Gasteiger partial charge in [-0.3, -0.25) is 14.3 Å². The van der Waals surface area contributed by atoms with E-state index in [0.29, 0.717) is 25.6 Å². The van der Waals surface area contributed by atoms with Gasteiger partial charge in [-0.1, -0.05) is 18.2 Å². The zero-order valence-electron chi connectivity index (χ0n) is 15.9. The van der Waals surface area contributed by atoms with Crippen molar-refractivity contribution in [2.24, 2.45) is 7.05 Å². The Morgan fingerprint density at radius 2 is 2.00 bits per heavy atom. The van der Waals surface area contributed by atoms with Crippen molar-refractivity contribution in [3.05, 3.63) is 35.7 Å². The van der Waals surface area contributed by atoms with E-state index in [1.165, 1.54) is 0 Å². The number of amides is 1. The molecule has 1 unspecified atom stereocenters. The number of benzene rings is 1. The number of likely N-dealkylation sites (tertiary alicyclic amines) is 1. The van der Waals surface area contributed by atoms with Crippen LogP contribution in [0.15, 0.2) is 24.3 Å². The summed E-state index contributed by atoms with van der Waals surface area (Å²) in [5, 5.41) is 18.6. The molecule has 0 spiro atoms. The summed E-state index contributed by atoms with van der Waals surface area (Å²) in [6.45, 7) is 3.15. The number of hydrogen-bond donors (Lipinski definition) is 1. The Balaban J connectivity index is 1.57. The van der Waals surface area contributed by atoms with Gasteiger partial charge in [0.15, 0.2) is 0 Å². The summed E-state index contributed by atoms with van der Waals surface area (Å²) in [6.07, 6.45) is 1.60. The van der Waals surface area contributed by atoms with Gasteiger partial charge in [0.1, 0.15) is 12.4 Å². The third-order valence-electron chi connectivity index (χ3n) is 5.48. The van der Waals surface area contributed by atoms with Crippen LogP contribution in [0.25, 0.3) is 0 Å². The van der Waals surface area contributed by atoms with Gasteiger partial charge < -0.3 is 14.9 Å². The van der Waals surface area contributed by atoms with Gasteiger partial charge in [-0.2, -0.15) is 0 Å². The maximum Gasteiger partial charge on any atom is 0.246 e. The first-order valence-electron chi connectivity index (χ1n) is 9.41. The summed E-state index contributed by atoms with van der Waals surface area (Å²) in [4.78, 5) is 18.5. The molecule has 0 aliphatic carbocycles. The molecule has 1 amide bonds. The number of para-hydroxylation sites is 1. The summed E-state index contributed by atoms with van der Waals surface area (Å²) >= 11 is 0. The second-order valence-electron chi connectivity index (χ2n) is 7.44. The smallest absolute Gasteiger partial charge is 0.246 e. The van der Waals surface area contributed by atoms with E-state index < -0.39 is 0 Å². The minimum atomic E-state index is -0.262. The lowest BCUT2D eigenvalue weighted by molar-refractivity contribution is -0.117. The van der Waals surface area contributed by atoms with Gasteiger partial charge in [0.2, 0.25) is 11.9 Å². The van der Waals surface area contributed by atoms with Gasteiger partial charge in [0.05, 0.1) is 12.6 Å². The first-order chi connectivity index (χ1) is 13.0. The number of nitrogens with zero attached hydrogens (tertiary/aromatic N) is 6. The molecule has 2 aromatic rings. The quantitative estimate of drug-likeness (QED) is 0.859.